The van der Waals surface area contributed by atoms with E-state index in [0.29, 0.717) is 13.0 Å². The van der Waals surface area contributed by atoms with E-state index >= 15 is 0 Å². The highest BCUT2D eigenvalue weighted by Crippen LogP contribution is 1.96. The van der Waals surface area contributed by atoms with Crippen LogP contribution in [0.15, 0.2) is 0 Å². The molecule has 3 N–H and O–H groups in total. The smallest absolute Gasteiger partial charge is 0.237 e. The third-order valence-electron chi connectivity index (χ3n) is 2.51. The first kappa shape index (κ1) is 14.4. The van der Waals surface area contributed by atoms with Gasteiger partial charge in [0.05, 0.1) is 6.04 Å². The number of carbonyl (C=O) groups excluding carboxylic acids is 1. The molecule has 4 heteroatoms. The fourth-order valence-corrected chi connectivity index (χ4v) is 1.31. The maximum atomic E-state index is 11.6. The first-order valence-corrected chi connectivity index (χ1v) is 5.80. The van der Waals surface area contributed by atoms with Crippen LogP contribution in [0.25, 0.3) is 0 Å². The second-order valence-corrected chi connectivity index (χ2v) is 3.77. The molecule has 0 fully saturated rings. The molecule has 90 valence electrons. The Bertz CT molecular complexity index is 170. The van der Waals surface area contributed by atoms with Gasteiger partial charge in [-0.3, -0.25) is 4.79 Å². The lowest BCUT2D eigenvalue weighted by atomic mass is 10.1. The number of amides is 1. The zero-order valence-electron chi connectivity index (χ0n) is 10.0. The molecule has 0 aliphatic carbocycles. The molecule has 0 saturated heterocycles. The molecule has 0 aromatic carbocycles. The van der Waals surface area contributed by atoms with Gasteiger partial charge in [-0.2, -0.15) is 0 Å². The van der Waals surface area contributed by atoms with Crippen LogP contribution in [0.3, 0.4) is 0 Å². The molecule has 0 spiro atoms. The van der Waals surface area contributed by atoms with E-state index in [0.717, 1.165) is 12.8 Å². The molecule has 1 atom stereocenters. The minimum Gasteiger partial charge on any atom is -0.396 e. The Hall–Kier alpha value is -0.610. The fraction of sp³-hybridized carbons (Fsp3) is 0.909. The van der Waals surface area contributed by atoms with E-state index in [1.807, 2.05) is 6.92 Å². The highest BCUT2D eigenvalue weighted by Gasteiger charge is 2.14. The number of hydrogen-bond acceptors (Lipinski definition) is 3. The summed E-state index contributed by atoms with van der Waals surface area (Å²) < 4.78 is 0. The van der Waals surface area contributed by atoms with Crippen LogP contribution in [0.1, 0.15) is 40.0 Å². The molecule has 1 unspecified atom stereocenters. The van der Waals surface area contributed by atoms with Crippen LogP contribution in [0.2, 0.25) is 0 Å². The van der Waals surface area contributed by atoms with Crippen molar-refractivity contribution in [3.05, 3.63) is 0 Å². The second kappa shape index (κ2) is 8.68. The van der Waals surface area contributed by atoms with Crippen molar-refractivity contribution in [3.63, 3.8) is 0 Å². The molecule has 0 radical (unpaired) electrons. The van der Waals surface area contributed by atoms with Crippen LogP contribution in [-0.2, 0) is 4.79 Å². The van der Waals surface area contributed by atoms with Crippen molar-refractivity contribution in [3.8, 4) is 0 Å². The third kappa shape index (κ3) is 6.47. The Morgan fingerprint density at radius 3 is 2.40 bits per heavy atom. The molecule has 0 aromatic rings. The Morgan fingerprint density at radius 1 is 1.33 bits per heavy atom. The first-order chi connectivity index (χ1) is 7.15. The van der Waals surface area contributed by atoms with E-state index in [-0.39, 0.29) is 24.6 Å². The predicted molar refractivity (Wildman–Crippen MR) is 61.7 cm³/mol. The van der Waals surface area contributed by atoms with Gasteiger partial charge in [0, 0.05) is 12.6 Å². The number of rotatable bonds is 8. The number of aliphatic hydroxyl groups excluding tert-OH is 1. The lowest BCUT2D eigenvalue weighted by molar-refractivity contribution is -0.123. The maximum absolute atomic E-state index is 11.6. The average molecular weight is 216 g/mol. The number of aliphatic hydroxyl groups is 1. The minimum atomic E-state index is -0.183. The van der Waals surface area contributed by atoms with Gasteiger partial charge >= 0.3 is 0 Å². The van der Waals surface area contributed by atoms with Crippen LogP contribution in [0, 0.1) is 0 Å². The molecule has 0 saturated carbocycles. The summed E-state index contributed by atoms with van der Waals surface area (Å²) in [6.45, 7) is 6.81. The monoisotopic (exact) mass is 216 g/mol. The van der Waals surface area contributed by atoms with Crippen LogP contribution >= 0.6 is 0 Å². The molecule has 0 bridgehead atoms. The maximum Gasteiger partial charge on any atom is 0.237 e. The molecule has 0 aliphatic heterocycles. The van der Waals surface area contributed by atoms with Crippen molar-refractivity contribution in [2.24, 2.45) is 0 Å². The highest BCUT2D eigenvalue weighted by molar-refractivity contribution is 5.81. The third-order valence-corrected chi connectivity index (χ3v) is 2.51. The van der Waals surface area contributed by atoms with Crippen LogP contribution in [-0.4, -0.2) is 36.2 Å². The van der Waals surface area contributed by atoms with E-state index in [1.54, 1.807) is 0 Å². The molecule has 0 aliphatic rings. The number of carbonyl (C=O) groups is 1. The molecule has 15 heavy (non-hydrogen) atoms. The van der Waals surface area contributed by atoms with Gasteiger partial charge in [-0.25, -0.2) is 0 Å². The average Bonchev–Trinajstić information content (AvgIpc) is 2.25. The van der Waals surface area contributed by atoms with E-state index in [9.17, 15) is 4.79 Å². The quantitative estimate of drug-likeness (QED) is 0.522. The van der Waals surface area contributed by atoms with Crippen molar-refractivity contribution >= 4 is 5.91 Å². The lowest BCUT2D eigenvalue weighted by Gasteiger charge is -2.19. The molecule has 0 aromatic heterocycles. The summed E-state index contributed by atoms with van der Waals surface area (Å²) in [6.07, 6.45) is 2.61. The number of hydrogen-bond donors (Lipinski definition) is 3. The normalized spacial score (nSPS) is 12.9. The molecular weight excluding hydrogens is 192 g/mol. The summed E-state index contributed by atoms with van der Waals surface area (Å²) in [5.41, 5.74) is 0. The number of nitrogens with one attached hydrogen (secondary N) is 2. The van der Waals surface area contributed by atoms with Crippen molar-refractivity contribution in [1.29, 1.82) is 0 Å². The predicted octanol–water partition coefficient (Wildman–Crippen LogP) is 0.652. The molecule has 0 heterocycles. The molecule has 4 nitrogen and oxygen atoms in total. The van der Waals surface area contributed by atoms with Crippen molar-refractivity contribution in [2.45, 2.75) is 52.1 Å². The van der Waals surface area contributed by atoms with Crippen molar-refractivity contribution in [2.75, 3.05) is 13.2 Å². The largest absolute Gasteiger partial charge is 0.396 e. The summed E-state index contributed by atoms with van der Waals surface area (Å²) in [6, 6.07) is 0.0942. The van der Waals surface area contributed by atoms with Gasteiger partial charge in [0.2, 0.25) is 5.91 Å². The SMILES string of the molecule is CCC(CC)NC(=O)C(C)NCCCO. The summed E-state index contributed by atoms with van der Waals surface area (Å²) in [4.78, 5) is 11.6. The Kier molecular flexibility index (Phi) is 8.33. The zero-order valence-corrected chi connectivity index (χ0v) is 10.0. The van der Waals surface area contributed by atoms with E-state index in [4.69, 9.17) is 5.11 Å². The van der Waals surface area contributed by atoms with Crippen LogP contribution in [0.5, 0.6) is 0 Å². The lowest BCUT2D eigenvalue weighted by Crippen LogP contribution is -2.46. The van der Waals surface area contributed by atoms with Gasteiger partial charge in [0.25, 0.3) is 0 Å². The van der Waals surface area contributed by atoms with E-state index in [1.165, 1.54) is 0 Å². The van der Waals surface area contributed by atoms with Crippen LogP contribution < -0.4 is 10.6 Å². The molecule has 0 rings (SSSR count). The zero-order chi connectivity index (χ0) is 11.7. The van der Waals surface area contributed by atoms with Gasteiger partial charge in [0.15, 0.2) is 0 Å². The standard InChI is InChI=1S/C11H24N2O2/c1-4-10(5-2)13-11(15)9(3)12-7-6-8-14/h9-10,12,14H,4-8H2,1-3H3,(H,13,15). The minimum absolute atomic E-state index is 0.0432. The summed E-state index contributed by atoms with van der Waals surface area (Å²) >= 11 is 0. The molecular formula is C11H24N2O2. The summed E-state index contributed by atoms with van der Waals surface area (Å²) in [7, 11) is 0. The Morgan fingerprint density at radius 2 is 1.93 bits per heavy atom. The van der Waals surface area contributed by atoms with Crippen molar-refractivity contribution < 1.29 is 9.90 Å². The Labute approximate surface area is 92.4 Å². The fourth-order valence-electron chi connectivity index (χ4n) is 1.31. The van der Waals surface area contributed by atoms with E-state index < -0.39 is 0 Å². The summed E-state index contributed by atoms with van der Waals surface area (Å²) in [5, 5.41) is 14.6. The van der Waals surface area contributed by atoms with Gasteiger partial charge in [0.1, 0.15) is 0 Å². The van der Waals surface area contributed by atoms with Crippen LogP contribution in [0.4, 0.5) is 0 Å². The van der Waals surface area contributed by atoms with Gasteiger partial charge in [-0.05, 0) is 32.7 Å². The van der Waals surface area contributed by atoms with Crippen molar-refractivity contribution in [1.82, 2.24) is 10.6 Å². The summed E-state index contributed by atoms with van der Waals surface area (Å²) in [5.74, 6) is 0.0432. The van der Waals surface area contributed by atoms with E-state index in [2.05, 4.69) is 24.5 Å². The van der Waals surface area contributed by atoms with Gasteiger partial charge < -0.3 is 15.7 Å². The van der Waals surface area contributed by atoms with Gasteiger partial charge in [-0.1, -0.05) is 13.8 Å². The highest BCUT2D eigenvalue weighted by atomic mass is 16.3. The molecule has 1 amide bonds. The topological polar surface area (TPSA) is 61.4 Å². The van der Waals surface area contributed by atoms with Gasteiger partial charge in [-0.15, -0.1) is 0 Å². The Balaban J connectivity index is 3.77. The second-order valence-electron chi connectivity index (χ2n) is 3.77. The first-order valence-electron chi connectivity index (χ1n) is 5.80.